The maximum atomic E-state index is 2.43. The van der Waals surface area contributed by atoms with Crippen molar-refractivity contribution in [2.45, 2.75) is 104 Å². The second kappa shape index (κ2) is 8.99. The smallest absolute Gasteiger partial charge is 0.0269 e. The van der Waals surface area contributed by atoms with Gasteiger partial charge in [-0.25, -0.2) is 0 Å². The quantitative estimate of drug-likeness (QED) is 0.399. The molecule has 1 saturated carbocycles. The molecule has 0 aromatic carbocycles. The average molecular weight is 252 g/mol. The normalized spacial score (nSPS) is 20.8. The molecular weight excluding hydrogens is 216 g/mol. The Hall–Kier alpha value is 0. The SMILES string of the molecule is CCCCCCC1(C(CC)CCC)CCCCC1. The fourth-order valence-corrected chi connectivity index (χ4v) is 4.31. The highest BCUT2D eigenvalue weighted by molar-refractivity contribution is 4.88. The van der Waals surface area contributed by atoms with Crippen LogP contribution in [0, 0.1) is 11.3 Å². The predicted octanol–water partition coefficient (Wildman–Crippen LogP) is 6.73. The van der Waals surface area contributed by atoms with Crippen molar-refractivity contribution in [1.82, 2.24) is 0 Å². The molecule has 1 fully saturated rings. The van der Waals surface area contributed by atoms with Gasteiger partial charge in [-0.15, -0.1) is 0 Å². The van der Waals surface area contributed by atoms with Gasteiger partial charge in [0.2, 0.25) is 0 Å². The largest absolute Gasteiger partial charge is 0.0654 e. The molecule has 0 aromatic heterocycles. The Labute approximate surface area is 116 Å². The predicted molar refractivity (Wildman–Crippen MR) is 83.0 cm³/mol. The molecule has 0 aromatic rings. The van der Waals surface area contributed by atoms with Gasteiger partial charge in [-0.3, -0.25) is 0 Å². The van der Waals surface area contributed by atoms with Crippen LogP contribution >= 0.6 is 0 Å². The number of hydrogen-bond acceptors (Lipinski definition) is 0. The van der Waals surface area contributed by atoms with E-state index in [1.165, 1.54) is 83.5 Å². The van der Waals surface area contributed by atoms with E-state index in [1.54, 1.807) is 0 Å². The highest BCUT2D eigenvalue weighted by Crippen LogP contribution is 2.49. The molecule has 0 saturated heterocycles. The summed E-state index contributed by atoms with van der Waals surface area (Å²) in [4.78, 5) is 0. The van der Waals surface area contributed by atoms with Crippen molar-refractivity contribution < 1.29 is 0 Å². The Bertz CT molecular complexity index is 188. The molecule has 0 N–H and O–H groups in total. The summed E-state index contributed by atoms with van der Waals surface area (Å²) in [6.45, 7) is 7.13. The Morgan fingerprint density at radius 1 is 0.833 bits per heavy atom. The zero-order valence-corrected chi connectivity index (χ0v) is 13.3. The first-order valence-corrected chi connectivity index (χ1v) is 8.79. The molecule has 0 heterocycles. The summed E-state index contributed by atoms with van der Waals surface area (Å²) in [6, 6.07) is 0. The van der Waals surface area contributed by atoms with E-state index in [1.807, 2.05) is 0 Å². The van der Waals surface area contributed by atoms with Crippen LogP contribution in [0.1, 0.15) is 104 Å². The van der Waals surface area contributed by atoms with Crippen LogP contribution in [0.2, 0.25) is 0 Å². The molecular formula is C18H36. The summed E-state index contributed by atoms with van der Waals surface area (Å²) in [5, 5.41) is 0. The fourth-order valence-electron chi connectivity index (χ4n) is 4.31. The van der Waals surface area contributed by atoms with E-state index in [4.69, 9.17) is 0 Å². The van der Waals surface area contributed by atoms with E-state index in [2.05, 4.69) is 20.8 Å². The molecule has 1 aliphatic rings. The summed E-state index contributed by atoms with van der Waals surface area (Å²) < 4.78 is 0. The van der Waals surface area contributed by atoms with E-state index in [0.29, 0.717) is 0 Å². The molecule has 0 amide bonds. The van der Waals surface area contributed by atoms with Crippen LogP contribution in [-0.4, -0.2) is 0 Å². The first-order chi connectivity index (χ1) is 8.79. The maximum absolute atomic E-state index is 2.43. The molecule has 1 rings (SSSR count). The first-order valence-electron chi connectivity index (χ1n) is 8.79. The van der Waals surface area contributed by atoms with Gasteiger partial charge in [0, 0.05) is 0 Å². The zero-order chi connectivity index (χ0) is 13.3. The molecule has 1 atom stereocenters. The minimum absolute atomic E-state index is 0.747. The van der Waals surface area contributed by atoms with Crippen LogP contribution in [0.15, 0.2) is 0 Å². The summed E-state index contributed by atoms with van der Waals surface area (Å²) >= 11 is 0. The standard InChI is InChI=1S/C18H36/c1-4-7-8-10-14-18(15-11-9-12-16-18)17(6-3)13-5-2/h17H,4-16H2,1-3H3. The van der Waals surface area contributed by atoms with E-state index >= 15 is 0 Å². The molecule has 0 aliphatic heterocycles. The van der Waals surface area contributed by atoms with Gasteiger partial charge < -0.3 is 0 Å². The van der Waals surface area contributed by atoms with Gasteiger partial charge in [0.15, 0.2) is 0 Å². The third kappa shape index (κ3) is 4.59. The molecule has 1 aliphatic carbocycles. The Kier molecular flexibility index (Phi) is 8.02. The lowest BCUT2D eigenvalue weighted by molar-refractivity contribution is 0.0703. The fraction of sp³-hybridized carbons (Fsp3) is 1.00. The molecule has 0 spiro atoms. The summed E-state index contributed by atoms with van der Waals surface area (Å²) in [7, 11) is 0. The van der Waals surface area contributed by atoms with Gasteiger partial charge in [0.05, 0.1) is 0 Å². The van der Waals surface area contributed by atoms with Gasteiger partial charge in [-0.2, -0.15) is 0 Å². The van der Waals surface area contributed by atoms with Crippen molar-refractivity contribution in [3.63, 3.8) is 0 Å². The lowest BCUT2D eigenvalue weighted by atomic mass is 9.61. The highest BCUT2D eigenvalue weighted by atomic mass is 14.4. The van der Waals surface area contributed by atoms with E-state index in [0.717, 1.165) is 11.3 Å². The summed E-state index contributed by atoms with van der Waals surface area (Å²) in [5.74, 6) is 1.02. The molecule has 0 nitrogen and oxygen atoms in total. The van der Waals surface area contributed by atoms with Crippen LogP contribution < -0.4 is 0 Å². The van der Waals surface area contributed by atoms with Crippen molar-refractivity contribution in [2.75, 3.05) is 0 Å². The third-order valence-electron chi connectivity index (χ3n) is 5.37. The molecule has 0 heteroatoms. The summed E-state index contributed by atoms with van der Waals surface area (Å²) in [5.41, 5.74) is 0.747. The highest BCUT2D eigenvalue weighted by Gasteiger charge is 2.37. The third-order valence-corrected chi connectivity index (χ3v) is 5.37. The summed E-state index contributed by atoms with van der Waals surface area (Å²) in [6.07, 6.45) is 19.2. The average Bonchev–Trinajstić information content (AvgIpc) is 2.42. The number of rotatable bonds is 9. The molecule has 1 unspecified atom stereocenters. The zero-order valence-electron chi connectivity index (χ0n) is 13.3. The second-order valence-electron chi connectivity index (χ2n) is 6.63. The minimum atomic E-state index is 0.747. The van der Waals surface area contributed by atoms with Crippen LogP contribution in [0.5, 0.6) is 0 Å². The lowest BCUT2D eigenvalue weighted by Crippen LogP contribution is -2.33. The van der Waals surface area contributed by atoms with Gasteiger partial charge >= 0.3 is 0 Å². The van der Waals surface area contributed by atoms with Crippen molar-refractivity contribution >= 4 is 0 Å². The molecule has 0 bridgehead atoms. The molecule has 18 heavy (non-hydrogen) atoms. The topological polar surface area (TPSA) is 0 Å². The van der Waals surface area contributed by atoms with Crippen LogP contribution in [0.4, 0.5) is 0 Å². The Balaban J connectivity index is 2.55. The molecule has 108 valence electrons. The van der Waals surface area contributed by atoms with Crippen molar-refractivity contribution in [1.29, 1.82) is 0 Å². The van der Waals surface area contributed by atoms with E-state index in [-0.39, 0.29) is 0 Å². The van der Waals surface area contributed by atoms with Crippen molar-refractivity contribution in [3.05, 3.63) is 0 Å². The first kappa shape index (κ1) is 16.1. The van der Waals surface area contributed by atoms with Crippen molar-refractivity contribution in [3.8, 4) is 0 Å². The van der Waals surface area contributed by atoms with Crippen molar-refractivity contribution in [2.24, 2.45) is 11.3 Å². The number of unbranched alkanes of at least 4 members (excludes halogenated alkanes) is 3. The second-order valence-corrected chi connectivity index (χ2v) is 6.63. The molecule has 0 radical (unpaired) electrons. The van der Waals surface area contributed by atoms with Gasteiger partial charge in [-0.1, -0.05) is 85.0 Å². The van der Waals surface area contributed by atoms with Crippen LogP contribution in [0.25, 0.3) is 0 Å². The van der Waals surface area contributed by atoms with E-state index in [9.17, 15) is 0 Å². The Morgan fingerprint density at radius 3 is 2.11 bits per heavy atom. The van der Waals surface area contributed by atoms with Gasteiger partial charge in [-0.05, 0) is 30.6 Å². The number of hydrogen-bond donors (Lipinski definition) is 0. The van der Waals surface area contributed by atoms with E-state index < -0.39 is 0 Å². The monoisotopic (exact) mass is 252 g/mol. The Morgan fingerprint density at radius 2 is 1.56 bits per heavy atom. The van der Waals surface area contributed by atoms with Gasteiger partial charge in [0.1, 0.15) is 0 Å². The maximum Gasteiger partial charge on any atom is -0.0269 e. The van der Waals surface area contributed by atoms with Crippen LogP contribution in [-0.2, 0) is 0 Å². The van der Waals surface area contributed by atoms with Crippen LogP contribution in [0.3, 0.4) is 0 Å². The minimum Gasteiger partial charge on any atom is -0.0654 e. The lowest BCUT2D eigenvalue weighted by Gasteiger charge is -2.44. The van der Waals surface area contributed by atoms with Gasteiger partial charge in [0.25, 0.3) is 0 Å².